The van der Waals surface area contributed by atoms with Crippen molar-refractivity contribution in [2.75, 3.05) is 23.8 Å². The van der Waals surface area contributed by atoms with Gasteiger partial charge in [0.25, 0.3) is 5.91 Å². The first-order valence-corrected chi connectivity index (χ1v) is 9.23. The Hall–Kier alpha value is -3.64. The molecule has 0 saturated carbocycles. The smallest absolute Gasteiger partial charge is 0.340 e. The third-order valence-electron chi connectivity index (χ3n) is 4.19. The molecule has 3 rings (SSSR count). The van der Waals surface area contributed by atoms with Gasteiger partial charge in [0.15, 0.2) is 0 Å². The van der Waals surface area contributed by atoms with Crippen molar-refractivity contribution >= 4 is 23.3 Å². The van der Waals surface area contributed by atoms with Gasteiger partial charge in [-0.1, -0.05) is 42.5 Å². The van der Waals surface area contributed by atoms with Gasteiger partial charge in [-0.3, -0.25) is 4.79 Å². The Morgan fingerprint density at radius 2 is 1.55 bits per heavy atom. The van der Waals surface area contributed by atoms with Gasteiger partial charge in [-0.25, -0.2) is 4.79 Å². The normalized spacial score (nSPS) is 10.2. The highest BCUT2D eigenvalue weighted by Crippen LogP contribution is 2.17. The number of para-hydroxylation sites is 2. The monoisotopic (exact) mass is 390 g/mol. The van der Waals surface area contributed by atoms with Crippen LogP contribution < -0.4 is 10.6 Å². The summed E-state index contributed by atoms with van der Waals surface area (Å²) in [6.45, 7) is 0.401. The number of carbonyl (C=O) groups is 2. The summed E-state index contributed by atoms with van der Waals surface area (Å²) in [6, 6.07) is 23.1. The second kappa shape index (κ2) is 10.1. The number of benzene rings is 3. The summed E-state index contributed by atoms with van der Waals surface area (Å²) in [5, 5.41) is 14.8. The van der Waals surface area contributed by atoms with Crippen molar-refractivity contribution in [2.45, 2.75) is 6.61 Å². The Balaban J connectivity index is 1.58. The summed E-state index contributed by atoms with van der Waals surface area (Å²) in [6.07, 6.45) is 0. The summed E-state index contributed by atoms with van der Waals surface area (Å²) in [5.41, 5.74) is 3.03. The third-order valence-corrected chi connectivity index (χ3v) is 4.19. The number of aliphatic hydroxyl groups is 1. The molecule has 0 radical (unpaired) electrons. The number of anilines is 2. The molecule has 6 heteroatoms. The first kappa shape index (κ1) is 20.1. The molecule has 3 aromatic rings. The maximum atomic E-state index is 12.4. The van der Waals surface area contributed by atoms with Crippen molar-refractivity contribution < 1.29 is 19.4 Å². The number of amides is 1. The van der Waals surface area contributed by atoms with Gasteiger partial charge >= 0.3 is 5.97 Å². The minimum absolute atomic E-state index is 0.0341. The highest BCUT2D eigenvalue weighted by atomic mass is 16.5. The number of nitrogens with one attached hydrogen (secondary N) is 2. The van der Waals surface area contributed by atoms with Crippen molar-refractivity contribution in [3.8, 4) is 0 Å². The van der Waals surface area contributed by atoms with Gasteiger partial charge < -0.3 is 20.5 Å². The molecule has 3 aromatic carbocycles. The van der Waals surface area contributed by atoms with Crippen LogP contribution in [0, 0.1) is 0 Å². The summed E-state index contributed by atoms with van der Waals surface area (Å²) in [4.78, 5) is 24.7. The number of hydrogen-bond donors (Lipinski definition) is 3. The van der Waals surface area contributed by atoms with Crippen LogP contribution in [-0.4, -0.2) is 30.1 Å². The number of rotatable bonds is 8. The molecule has 0 heterocycles. The van der Waals surface area contributed by atoms with Gasteiger partial charge in [0.05, 0.1) is 12.2 Å². The number of aliphatic hydroxyl groups excluding tert-OH is 1. The van der Waals surface area contributed by atoms with Crippen molar-refractivity contribution in [2.24, 2.45) is 0 Å². The van der Waals surface area contributed by atoms with E-state index in [1.807, 2.05) is 30.3 Å². The highest BCUT2D eigenvalue weighted by molar-refractivity contribution is 6.04. The summed E-state index contributed by atoms with van der Waals surface area (Å²) in [5.74, 6) is -0.666. The molecule has 0 spiro atoms. The molecule has 6 nitrogen and oxygen atoms in total. The predicted octanol–water partition coefficient (Wildman–Crippen LogP) is 3.70. The Morgan fingerprint density at radius 3 is 2.28 bits per heavy atom. The molecular weight excluding hydrogens is 368 g/mol. The van der Waals surface area contributed by atoms with E-state index in [-0.39, 0.29) is 19.1 Å². The third kappa shape index (κ3) is 5.67. The molecule has 29 heavy (non-hydrogen) atoms. The topological polar surface area (TPSA) is 87.7 Å². The molecule has 0 aliphatic heterocycles. The van der Waals surface area contributed by atoms with Gasteiger partial charge in [-0.15, -0.1) is 0 Å². The number of esters is 1. The van der Waals surface area contributed by atoms with Crippen LogP contribution in [0.15, 0.2) is 78.9 Å². The van der Waals surface area contributed by atoms with E-state index in [1.165, 1.54) is 0 Å². The lowest BCUT2D eigenvalue weighted by Gasteiger charge is -2.11. The highest BCUT2D eigenvalue weighted by Gasteiger charge is 2.13. The van der Waals surface area contributed by atoms with Gasteiger partial charge in [0.2, 0.25) is 0 Å². The van der Waals surface area contributed by atoms with E-state index in [9.17, 15) is 9.59 Å². The molecular formula is C23H22N2O4. The van der Waals surface area contributed by atoms with E-state index in [0.717, 1.165) is 11.3 Å². The van der Waals surface area contributed by atoms with E-state index in [4.69, 9.17) is 9.84 Å². The Bertz CT molecular complexity index is 956. The molecule has 0 aromatic heterocycles. The zero-order chi connectivity index (χ0) is 20.5. The predicted molar refractivity (Wildman–Crippen MR) is 112 cm³/mol. The maximum Gasteiger partial charge on any atom is 0.340 e. The maximum absolute atomic E-state index is 12.4. The second-order valence-corrected chi connectivity index (χ2v) is 6.29. The fourth-order valence-electron chi connectivity index (χ4n) is 2.71. The lowest BCUT2D eigenvalue weighted by Crippen LogP contribution is -2.13. The van der Waals surface area contributed by atoms with Crippen LogP contribution in [0.1, 0.15) is 26.3 Å². The molecule has 0 unspecified atom stereocenters. The van der Waals surface area contributed by atoms with Crippen LogP contribution in [-0.2, 0) is 11.3 Å². The SMILES string of the molecule is O=C(Nc1ccccc1)c1ccc(COC(=O)c2ccccc2NCCO)cc1. The Kier molecular flexibility index (Phi) is 6.97. The van der Waals surface area contributed by atoms with E-state index < -0.39 is 5.97 Å². The Morgan fingerprint density at radius 1 is 0.862 bits per heavy atom. The van der Waals surface area contributed by atoms with Crippen LogP contribution in [0.2, 0.25) is 0 Å². The number of ether oxygens (including phenoxy) is 1. The summed E-state index contributed by atoms with van der Waals surface area (Å²) in [7, 11) is 0. The quantitative estimate of drug-likeness (QED) is 0.511. The molecule has 0 bridgehead atoms. The minimum Gasteiger partial charge on any atom is -0.457 e. The van der Waals surface area contributed by atoms with Crippen LogP contribution in [0.25, 0.3) is 0 Å². The van der Waals surface area contributed by atoms with Crippen molar-refractivity contribution in [3.05, 3.63) is 95.6 Å². The van der Waals surface area contributed by atoms with E-state index in [1.54, 1.807) is 48.5 Å². The van der Waals surface area contributed by atoms with Gasteiger partial charge in [-0.2, -0.15) is 0 Å². The molecule has 3 N–H and O–H groups in total. The standard InChI is InChI=1S/C23H22N2O4/c26-15-14-24-21-9-5-4-8-20(21)23(28)29-16-17-10-12-18(13-11-17)22(27)25-19-6-2-1-3-7-19/h1-13,24,26H,14-16H2,(H,25,27). The van der Waals surface area contributed by atoms with E-state index in [0.29, 0.717) is 23.4 Å². The van der Waals surface area contributed by atoms with Crippen LogP contribution >= 0.6 is 0 Å². The molecule has 148 valence electrons. The lowest BCUT2D eigenvalue weighted by atomic mass is 10.1. The van der Waals surface area contributed by atoms with Crippen molar-refractivity contribution in [1.29, 1.82) is 0 Å². The molecule has 0 atom stereocenters. The fourth-order valence-corrected chi connectivity index (χ4v) is 2.71. The zero-order valence-electron chi connectivity index (χ0n) is 15.8. The van der Waals surface area contributed by atoms with E-state index in [2.05, 4.69) is 10.6 Å². The van der Waals surface area contributed by atoms with E-state index >= 15 is 0 Å². The summed E-state index contributed by atoms with van der Waals surface area (Å²) >= 11 is 0. The van der Waals surface area contributed by atoms with Crippen molar-refractivity contribution in [3.63, 3.8) is 0 Å². The average molecular weight is 390 g/mol. The summed E-state index contributed by atoms with van der Waals surface area (Å²) < 4.78 is 5.39. The number of carbonyl (C=O) groups excluding carboxylic acids is 2. The van der Waals surface area contributed by atoms with Crippen molar-refractivity contribution in [1.82, 2.24) is 0 Å². The largest absolute Gasteiger partial charge is 0.457 e. The second-order valence-electron chi connectivity index (χ2n) is 6.29. The zero-order valence-corrected chi connectivity index (χ0v) is 15.8. The van der Waals surface area contributed by atoms with Crippen LogP contribution in [0.5, 0.6) is 0 Å². The minimum atomic E-state index is -0.461. The van der Waals surface area contributed by atoms with Crippen LogP contribution in [0.4, 0.5) is 11.4 Å². The first-order chi connectivity index (χ1) is 14.2. The molecule has 0 aliphatic carbocycles. The van der Waals surface area contributed by atoms with Gasteiger partial charge in [0.1, 0.15) is 6.61 Å². The fraction of sp³-hybridized carbons (Fsp3) is 0.130. The molecule has 0 fully saturated rings. The lowest BCUT2D eigenvalue weighted by molar-refractivity contribution is 0.0473. The van der Waals surface area contributed by atoms with Crippen LogP contribution in [0.3, 0.4) is 0 Å². The average Bonchev–Trinajstić information content (AvgIpc) is 2.77. The van der Waals surface area contributed by atoms with Gasteiger partial charge in [0, 0.05) is 23.5 Å². The number of hydrogen-bond acceptors (Lipinski definition) is 5. The molecule has 1 amide bonds. The molecule has 0 saturated heterocycles. The van der Waals surface area contributed by atoms with Gasteiger partial charge in [-0.05, 0) is 42.0 Å². The molecule has 0 aliphatic rings. The first-order valence-electron chi connectivity index (χ1n) is 9.23. The Labute approximate surface area is 169 Å².